The zero-order valence-electron chi connectivity index (χ0n) is 16.0. The number of rotatable bonds is 11. The third kappa shape index (κ3) is 6.90. The molecule has 27 heavy (non-hydrogen) atoms. The summed E-state index contributed by atoms with van der Waals surface area (Å²) < 4.78 is 27.6. The highest BCUT2D eigenvalue weighted by atomic mass is 32.2. The van der Waals surface area contributed by atoms with Crippen LogP contribution in [0, 0.1) is 0 Å². The number of carbonyl (C=O) groups excluding carboxylic acids is 1. The Hall–Kier alpha value is -2.02. The highest BCUT2D eigenvalue weighted by Gasteiger charge is 2.15. The van der Waals surface area contributed by atoms with Crippen LogP contribution in [0.25, 0.3) is 0 Å². The topological polar surface area (TPSA) is 66.5 Å². The molecule has 0 unspecified atom stereocenters. The van der Waals surface area contributed by atoms with Gasteiger partial charge in [-0.15, -0.1) is 0 Å². The quantitative estimate of drug-likeness (QED) is 0.599. The number of ketones is 1. The smallest absolute Gasteiger partial charge is 0.240 e. The van der Waals surface area contributed by atoms with E-state index < -0.39 is 10.0 Å². The highest BCUT2D eigenvalue weighted by molar-refractivity contribution is 7.89. The number of unbranched alkanes of at least 4 members (excludes halogenated alkanes) is 1. The SMILES string of the molecule is CCCCN(CCNS(=O)(=O)c1ccc(C(C)=O)cc1)Cc1ccccc1. The predicted octanol–water partition coefficient (Wildman–Crippen LogP) is 3.47. The molecule has 0 radical (unpaired) electrons. The van der Waals surface area contributed by atoms with Gasteiger partial charge in [-0.25, -0.2) is 13.1 Å². The van der Waals surface area contributed by atoms with Crippen molar-refractivity contribution in [1.82, 2.24) is 9.62 Å². The molecule has 0 atom stereocenters. The number of carbonyl (C=O) groups is 1. The van der Waals surface area contributed by atoms with Crippen LogP contribution in [0.1, 0.15) is 42.6 Å². The zero-order chi connectivity index (χ0) is 19.7. The zero-order valence-corrected chi connectivity index (χ0v) is 16.8. The molecule has 1 N–H and O–H groups in total. The first-order valence-electron chi connectivity index (χ1n) is 9.29. The van der Waals surface area contributed by atoms with Crippen molar-refractivity contribution in [1.29, 1.82) is 0 Å². The number of benzene rings is 2. The van der Waals surface area contributed by atoms with Crippen LogP contribution in [0.5, 0.6) is 0 Å². The summed E-state index contributed by atoms with van der Waals surface area (Å²) in [5.41, 5.74) is 1.72. The van der Waals surface area contributed by atoms with Crippen LogP contribution in [0.3, 0.4) is 0 Å². The van der Waals surface area contributed by atoms with E-state index in [9.17, 15) is 13.2 Å². The van der Waals surface area contributed by atoms with Crippen molar-refractivity contribution in [3.63, 3.8) is 0 Å². The molecule has 0 aromatic heterocycles. The van der Waals surface area contributed by atoms with Crippen LogP contribution in [0.4, 0.5) is 0 Å². The number of nitrogens with zero attached hydrogens (tertiary/aromatic N) is 1. The maximum atomic E-state index is 12.5. The van der Waals surface area contributed by atoms with E-state index in [-0.39, 0.29) is 10.7 Å². The van der Waals surface area contributed by atoms with Gasteiger partial charge in [-0.1, -0.05) is 55.8 Å². The third-order valence-corrected chi connectivity index (χ3v) is 5.85. The molecule has 0 aliphatic rings. The molecule has 146 valence electrons. The monoisotopic (exact) mass is 388 g/mol. The van der Waals surface area contributed by atoms with Gasteiger partial charge in [0.2, 0.25) is 10.0 Å². The Morgan fingerprint density at radius 2 is 1.67 bits per heavy atom. The van der Waals surface area contributed by atoms with Crippen molar-refractivity contribution in [2.75, 3.05) is 19.6 Å². The van der Waals surface area contributed by atoms with E-state index >= 15 is 0 Å². The minimum absolute atomic E-state index is 0.0839. The lowest BCUT2D eigenvalue weighted by Gasteiger charge is -2.22. The van der Waals surface area contributed by atoms with Crippen LogP contribution < -0.4 is 4.72 Å². The molecule has 0 aliphatic carbocycles. The van der Waals surface area contributed by atoms with Crippen molar-refractivity contribution in [3.8, 4) is 0 Å². The van der Waals surface area contributed by atoms with Gasteiger partial charge in [-0.3, -0.25) is 9.69 Å². The number of Topliss-reactive ketones (excluding diaryl/α,β-unsaturated/α-hetero) is 1. The average molecular weight is 389 g/mol. The molecule has 0 aliphatic heterocycles. The van der Waals surface area contributed by atoms with Crippen LogP contribution in [-0.4, -0.2) is 38.7 Å². The minimum atomic E-state index is -3.58. The minimum Gasteiger partial charge on any atom is -0.298 e. The summed E-state index contributed by atoms with van der Waals surface area (Å²) in [6.07, 6.45) is 2.17. The summed E-state index contributed by atoms with van der Waals surface area (Å²) in [7, 11) is -3.58. The van der Waals surface area contributed by atoms with E-state index in [2.05, 4.69) is 28.7 Å². The second kappa shape index (κ2) is 10.3. The lowest BCUT2D eigenvalue weighted by atomic mass is 10.2. The van der Waals surface area contributed by atoms with Gasteiger partial charge < -0.3 is 0 Å². The Labute approximate surface area is 162 Å². The van der Waals surface area contributed by atoms with Crippen molar-refractivity contribution in [2.24, 2.45) is 0 Å². The fraction of sp³-hybridized carbons (Fsp3) is 0.381. The molecule has 0 saturated carbocycles. The van der Waals surface area contributed by atoms with Gasteiger partial charge in [0.1, 0.15) is 0 Å². The predicted molar refractivity (Wildman–Crippen MR) is 108 cm³/mol. The molecule has 0 saturated heterocycles. The first-order valence-corrected chi connectivity index (χ1v) is 10.8. The van der Waals surface area contributed by atoms with Crippen LogP contribution in [0.15, 0.2) is 59.5 Å². The van der Waals surface area contributed by atoms with Crippen LogP contribution in [-0.2, 0) is 16.6 Å². The summed E-state index contributed by atoms with van der Waals surface area (Å²) in [6, 6.07) is 16.2. The van der Waals surface area contributed by atoms with Gasteiger partial charge in [0.15, 0.2) is 5.78 Å². The summed E-state index contributed by atoms with van der Waals surface area (Å²) in [4.78, 5) is 13.8. The first kappa shape index (κ1) is 21.3. The van der Waals surface area contributed by atoms with Gasteiger partial charge in [0.25, 0.3) is 0 Å². The molecule has 2 aromatic carbocycles. The Bertz CT molecular complexity index is 818. The molecule has 0 heterocycles. The molecule has 2 aromatic rings. The van der Waals surface area contributed by atoms with Crippen molar-refractivity contribution >= 4 is 15.8 Å². The summed E-state index contributed by atoms with van der Waals surface area (Å²) >= 11 is 0. The van der Waals surface area contributed by atoms with Gasteiger partial charge in [0.05, 0.1) is 4.90 Å². The van der Waals surface area contributed by atoms with E-state index in [4.69, 9.17) is 0 Å². The maximum Gasteiger partial charge on any atom is 0.240 e. The van der Waals surface area contributed by atoms with E-state index in [1.54, 1.807) is 12.1 Å². The van der Waals surface area contributed by atoms with E-state index in [1.165, 1.54) is 24.6 Å². The van der Waals surface area contributed by atoms with Gasteiger partial charge in [-0.05, 0) is 37.6 Å². The Morgan fingerprint density at radius 1 is 1.00 bits per heavy atom. The molecule has 2 rings (SSSR count). The van der Waals surface area contributed by atoms with Crippen molar-refractivity contribution in [2.45, 2.75) is 38.1 Å². The van der Waals surface area contributed by atoms with E-state index in [0.29, 0.717) is 18.7 Å². The lowest BCUT2D eigenvalue weighted by molar-refractivity contribution is 0.101. The fourth-order valence-corrected chi connectivity index (χ4v) is 3.80. The molecule has 0 bridgehead atoms. The first-order chi connectivity index (χ1) is 12.9. The Kier molecular flexibility index (Phi) is 8.16. The number of nitrogens with one attached hydrogen (secondary N) is 1. The molecule has 0 fully saturated rings. The summed E-state index contributed by atoms with van der Waals surface area (Å²) in [5, 5.41) is 0. The van der Waals surface area contributed by atoms with Crippen molar-refractivity contribution in [3.05, 3.63) is 65.7 Å². The third-order valence-electron chi connectivity index (χ3n) is 4.37. The molecular weight excluding hydrogens is 360 g/mol. The standard InChI is InChI=1S/C21H28N2O3S/c1-3-4-15-23(17-19-8-6-5-7-9-19)16-14-22-27(25,26)21-12-10-20(11-13-21)18(2)24/h5-13,22H,3-4,14-17H2,1-2H3. The van der Waals surface area contributed by atoms with Crippen LogP contribution >= 0.6 is 0 Å². The molecule has 0 spiro atoms. The number of sulfonamides is 1. The summed E-state index contributed by atoms with van der Waals surface area (Å²) in [5.74, 6) is -0.0839. The van der Waals surface area contributed by atoms with Gasteiger partial charge in [-0.2, -0.15) is 0 Å². The number of hydrogen-bond donors (Lipinski definition) is 1. The van der Waals surface area contributed by atoms with E-state index in [1.807, 2.05) is 18.2 Å². The molecule has 0 amide bonds. The Balaban J connectivity index is 1.94. The van der Waals surface area contributed by atoms with Gasteiger partial charge in [0, 0.05) is 25.2 Å². The largest absolute Gasteiger partial charge is 0.298 e. The van der Waals surface area contributed by atoms with Crippen LogP contribution in [0.2, 0.25) is 0 Å². The number of hydrogen-bond acceptors (Lipinski definition) is 4. The lowest BCUT2D eigenvalue weighted by Crippen LogP contribution is -2.35. The molecular formula is C21H28N2O3S. The second-order valence-electron chi connectivity index (χ2n) is 6.59. The maximum absolute atomic E-state index is 12.5. The van der Waals surface area contributed by atoms with E-state index in [0.717, 1.165) is 25.9 Å². The normalized spacial score (nSPS) is 11.7. The highest BCUT2D eigenvalue weighted by Crippen LogP contribution is 2.11. The second-order valence-corrected chi connectivity index (χ2v) is 8.36. The Morgan fingerprint density at radius 3 is 2.26 bits per heavy atom. The molecule has 6 heteroatoms. The van der Waals surface area contributed by atoms with Crippen molar-refractivity contribution < 1.29 is 13.2 Å². The molecule has 5 nitrogen and oxygen atoms in total. The average Bonchev–Trinajstić information content (AvgIpc) is 2.66. The van der Waals surface area contributed by atoms with Gasteiger partial charge >= 0.3 is 0 Å². The summed E-state index contributed by atoms with van der Waals surface area (Å²) in [6.45, 7) is 6.32. The fourth-order valence-electron chi connectivity index (χ4n) is 2.78.